The second-order valence-corrected chi connectivity index (χ2v) is 6.78. The summed E-state index contributed by atoms with van der Waals surface area (Å²) in [6.45, 7) is 6.44. The van der Waals surface area contributed by atoms with Crippen molar-refractivity contribution < 1.29 is 0 Å². The molecule has 0 radical (unpaired) electrons. The first-order valence-corrected chi connectivity index (χ1v) is 8.57. The van der Waals surface area contributed by atoms with Crippen molar-refractivity contribution in [2.45, 2.75) is 20.8 Å². The number of benzene rings is 3. The molecule has 0 spiro atoms. The van der Waals surface area contributed by atoms with E-state index in [0.717, 1.165) is 8.58 Å². The van der Waals surface area contributed by atoms with Crippen LogP contribution in [0.2, 0.25) is 0 Å². The van der Waals surface area contributed by atoms with E-state index in [4.69, 9.17) is 0 Å². The monoisotopic (exact) mass is 342 g/mol. The van der Waals surface area contributed by atoms with Crippen molar-refractivity contribution >= 4 is 31.6 Å². The molecule has 0 N–H and O–H groups in total. The molecular weight excluding hydrogens is 319 g/mol. The van der Waals surface area contributed by atoms with Crippen LogP contribution in [0.25, 0.3) is 0 Å². The Morgan fingerprint density at radius 3 is 1.26 bits per heavy atom. The van der Waals surface area contributed by atoms with Gasteiger partial charge in [-0.3, -0.25) is 0 Å². The molecule has 0 aliphatic heterocycles. The molecule has 0 saturated heterocycles. The zero-order valence-corrected chi connectivity index (χ0v) is 15.7. The SMILES string of the molecule is Cc1cccc(C)c1C.Cl.c1ccc(Pc2ccccc2)cc1. The summed E-state index contributed by atoms with van der Waals surface area (Å²) in [6.07, 6.45) is 0. The summed E-state index contributed by atoms with van der Waals surface area (Å²) in [5, 5.41) is 2.79. The Morgan fingerprint density at radius 2 is 0.913 bits per heavy atom. The van der Waals surface area contributed by atoms with E-state index in [1.54, 1.807) is 0 Å². The number of hydrogen-bond acceptors (Lipinski definition) is 0. The van der Waals surface area contributed by atoms with Gasteiger partial charge in [-0.25, -0.2) is 0 Å². The predicted octanol–water partition coefficient (Wildman–Crippen LogP) is 5.35. The molecule has 3 aromatic rings. The summed E-state index contributed by atoms with van der Waals surface area (Å²) in [7, 11) is 0.777. The smallest absolute Gasteiger partial charge is 0.0226 e. The molecule has 2 heteroatoms. The Bertz CT molecular complexity index is 636. The van der Waals surface area contributed by atoms with E-state index >= 15 is 0 Å². The Hall–Kier alpha value is -1.62. The summed E-state index contributed by atoms with van der Waals surface area (Å²) in [5.41, 5.74) is 4.18. The Balaban J connectivity index is 0.000000235. The second-order valence-electron chi connectivity index (χ2n) is 5.37. The van der Waals surface area contributed by atoms with E-state index in [-0.39, 0.29) is 12.4 Å². The fraction of sp³-hybridized carbons (Fsp3) is 0.143. The fourth-order valence-corrected chi connectivity index (χ4v) is 3.16. The highest BCUT2D eigenvalue weighted by molar-refractivity contribution is 7.55. The maximum absolute atomic E-state index is 2.17. The van der Waals surface area contributed by atoms with Crippen molar-refractivity contribution in [3.05, 3.63) is 95.6 Å². The molecule has 0 aromatic heterocycles. The van der Waals surface area contributed by atoms with E-state index < -0.39 is 0 Å². The van der Waals surface area contributed by atoms with Crippen molar-refractivity contribution in [3.63, 3.8) is 0 Å². The van der Waals surface area contributed by atoms with Crippen molar-refractivity contribution in [2.24, 2.45) is 0 Å². The van der Waals surface area contributed by atoms with Gasteiger partial charge in [-0.05, 0) is 48.1 Å². The first-order chi connectivity index (χ1) is 10.7. The third-order valence-corrected chi connectivity index (χ3v) is 4.96. The number of halogens is 1. The van der Waals surface area contributed by atoms with Crippen molar-refractivity contribution in [2.75, 3.05) is 0 Å². The standard InChI is InChI=1S/C12H11P.C9H12.ClH/c1-3-7-11(8-4-1)13-12-9-5-2-6-10-12;1-7-5-4-6-8(2)9(7)3;/h1-10,13H;4-6H,1-3H3;1H. The van der Waals surface area contributed by atoms with E-state index in [1.807, 2.05) is 0 Å². The van der Waals surface area contributed by atoms with Crippen LogP contribution in [0.15, 0.2) is 78.9 Å². The quantitative estimate of drug-likeness (QED) is 0.551. The molecule has 120 valence electrons. The van der Waals surface area contributed by atoms with Crippen molar-refractivity contribution in [1.82, 2.24) is 0 Å². The first-order valence-electron chi connectivity index (χ1n) is 7.57. The number of aryl methyl sites for hydroxylation is 2. The average Bonchev–Trinajstić information content (AvgIpc) is 2.55. The topological polar surface area (TPSA) is 0 Å². The molecule has 3 rings (SSSR count). The van der Waals surface area contributed by atoms with E-state index in [0.29, 0.717) is 0 Å². The fourth-order valence-electron chi connectivity index (χ4n) is 2.11. The van der Waals surface area contributed by atoms with Gasteiger partial charge in [0.25, 0.3) is 0 Å². The molecule has 3 aromatic carbocycles. The van der Waals surface area contributed by atoms with Gasteiger partial charge >= 0.3 is 0 Å². The maximum atomic E-state index is 2.17. The highest BCUT2D eigenvalue weighted by atomic mass is 35.5. The summed E-state index contributed by atoms with van der Waals surface area (Å²) in [5.74, 6) is 0. The van der Waals surface area contributed by atoms with Crippen LogP contribution in [0.3, 0.4) is 0 Å². The molecule has 0 nitrogen and oxygen atoms in total. The normalized spacial score (nSPS) is 9.35. The zero-order valence-electron chi connectivity index (χ0n) is 13.9. The molecule has 0 atom stereocenters. The van der Waals surface area contributed by atoms with Gasteiger partial charge in [0.05, 0.1) is 0 Å². The Labute approximate surface area is 148 Å². The van der Waals surface area contributed by atoms with Gasteiger partial charge < -0.3 is 0 Å². The lowest BCUT2D eigenvalue weighted by Gasteiger charge is -2.00. The predicted molar refractivity (Wildman–Crippen MR) is 108 cm³/mol. The molecule has 23 heavy (non-hydrogen) atoms. The summed E-state index contributed by atoms with van der Waals surface area (Å²) in [4.78, 5) is 0. The van der Waals surface area contributed by atoms with Gasteiger partial charge in [0, 0.05) is 0 Å². The van der Waals surface area contributed by atoms with Crippen LogP contribution >= 0.6 is 21.0 Å². The lowest BCUT2D eigenvalue weighted by Crippen LogP contribution is -2.01. The molecule has 0 aliphatic rings. The summed E-state index contributed by atoms with van der Waals surface area (Å²) in [6, 6.07) is 27.5. The van der Waals surface area contributed by atoms with Gasteiger partial charge in [0.1, 0.15) is 0 Å². The largest absolute Gasteiger partial charge is 0.147 e. The Kier molecular flexibility index (Phi) is 8.62. The molecule has 0 aliphatic carbocycles. The van der Waals surface area contributed by atoms with Crippen LogP contribution in [-0.4, -0.2) is 0 Å². The maximum Gasteiger partial charge on any atom is -0.0226 e. The highest BCUT2D eigenvalue weighted by Crippen LogP contribution is 2.10. The number of rotatable bonds is 2. The molecule has 0 fully saturated rings. The van der Waals surface area contributed by atoms with Crippen LogP contribution in [0.1, 0.15) is 16.7 Å². The average molecular weight is 343 g/mol. The highest BCUT2D eigenvalue weighted by Gasteiger charge is 1.93. The molecule has 0 saturated carbocycles. The van der Waals surface area contributed by atoms with Crippen LogP contribution in [0.5, 0.6) is 0 Å². The molecular formula is C21H24ClP. The first kappa shape index (κ1) is 19.4. The minimum absolute atomic E-state index is 0. The van der Waals surface area contributed by atoms with Crippen LogP contribution in [0, 0.1) is 20.8 Å². The zero-order chi connectivity index (χ0) is 15.8. The Morgan fingerprint density at radius 1 is 0.522 bits per heavy atom. The molecule has 0 unspecified atom stereocenters. The van der Waals surface area contributed by atoms with Crippen LogP contribution < -0.4 is 10.6 Å². The summed E-state index contributed by atoms with van der Waals surface area (Å²) >= 11 is 0. The third-order valence-electron chi connectivity index (χ3n) is 3.71. The second kappa shape index (κ2) is 10.2. The van der Waals surface area contributed by atoms with E-state index in [1.165, 1.54) is 27.3 Å². The number of hydrogen-bond donors (Lipinski definition) is 0. The van der Waals surface area contributed by atoms with Crippen molar-refractivity contribution in [3.8, 4) is 0 Å². The minimum Gasteiger partial charge on any atom is -0.147 e. The van der Waals surface area contributed by atoms with Crippen molar-refractivity contribution in [1.29, 1.82) is 0 Å². The molecule has 0 heterocycles. The molecule has 0 amide bonds. The van der Waals surface area contributed by atoms with Gasteiger partial charge in [0.15, 0.2) is 0 Å². The van der Waals surface area contributed by atoms with Gasteiger partial charge in [-0.2, -0.15) is 0 Å². The van der Waals surface area contributed by atoms with E-state index in [9.17, 15) is 0 Å². The van der Waals surface area contributed by atoms with Crippen LogP contribution in [-0.2, 0) is 0 Å². The van der Waals surface area contributed by atoms with Gasteiger partial charge in [0.2, 0.25) is 0 Å². The van der Waals surface area contributed by atoms with E-state index in [2.05, 4.69) is 99.6 Å². The minimum atomic E-state index is 0. The van der Waals surface area contributed by atoms with Gasteiger partial charge in [-0.15, -0.1) is 12.4 Å². The summed E-state index contributed by atoms with van der Waals surface area (Å²) < 4.78 is 0. The third kappa shape index (κ3) is 6.57. The molecule has 0 bridgehead atoms. The van der Waals surface area contributed by atoms with Gasteiger partial charge in [-0.1, -0.05) is 87.4 Å². The lowest BCUT2D eigenvalue weighted by atomic mass is 10.1. The lowest BCUT2D eigenvalue weighted by molar-refractivity contribution is 1.27. The van der Waals surface area contributed by atoms with Crippen LogP contribution in [0.4, 0.5) is 0 Å².